The maximum absolute atomic E-state index is 13.0. The van der Waals surface area contributed by atoms with Gasteiger partial charge in [0.25, 0.3) is 0 Å². The van der Waals surface area contributed by atoms with Crippen LogP contribution in [0.3, 0.4) is 0 Å². The Kier molecular flexibility index (Phi) is 7.73. The second kappa shape index (κ2) is 9.08. The molecule has 0 bridgehead atoms. The maximum Gasteiger partial charge on any atom is 0.417 e. The van der Waals surface area contributed by atoms with Gasteiger partial charge >= 0.3 is 6.18 Å². The smallest absolute Gasteiger partial charge is 0.346 e. The number of amides is 2. The molecule has 140 valence electrons. The summed E-state index contributed by atoms with van der Waals surface area (Å²) >= 11 is 5.60. The predicted octanol–water partition coefficient (Wildman–Crippen LogP) is 4.36. The zero-order valence-electron chi connectivity index (χ0n) is 14.5. The van der Waals surface area contributed by atoms with Crippen molar-refractivity contribution in [1.82, 2.24) is 4.90 Å². The monoisotopic (exact) mass is 378 g/mol. The van der Waals surface area contributed by atoms with Crippen molar-refractivity contribution < 1.29 is 22.8 Å². The Morgan fingerprint density at radius 3 is 2.36 bits per heavy atom. The van der Waals surface area contributed by atoms with Crippen LogP contribution < -0.4 is 4.90 Å². The van der Waals surface area contributed by atoms with Crippen molar-refractivity contribution in [2.45, 2.75) is 39.3 Å². The molecule has 1 aromatic rings. The standard InChI is InChI=1S/C17H22ClF3N2O2/c1-4-5-9-22(3)16(25)8-10-23(12(2)24)13-6-7-15(18)14(11-13)17(19,20)21/h6-7,11H,4-5,8-10H2,1-3H3. The topological polar surface area (TPSA) is 40.6 Å². The normalized spacial score (nSPS) is 11.3. The number of anilines is 1. The Morgan fingerprint density at radius 2 is 1.84 bits per heavy atom. The molecule has 25 heavy (non-hydrogen) atoms. The zero-order chi connectivity index (χ0) is 19.2. The molecule has 0 unspecified atom stereocenters. The summed E-state index contributed by atoms with van der Waals surface area (Å²) in [6.45, 7) is 3.86. The summed E-state index contributed by atoms with van der Waals surface area (Å²) in [4.78, 5) is 26.6. The lowest BCUT2D eigenvalue weighted by Crippen LogP contribution is -2.35. The van der Waals surface area contributed by atoms with Crippen molar-refractivity contribution in [1.29, 1.82) is 0 Å². The molecule has 0 spiro atoms. The van der Waals surface area contributed by atoms with Crippen molar-refractivity contribution in [3.05, 3.63) is 28.8 Å². The molecule has 2 amide bonds. The molecular formula is C17H22ClF3N2O2. The average molecular weight is 379 g/mol. The highest BCUT2D eigenvalue weighted by Crippen LogP contribution is 2.37. The molecule has 0 N–H and O–H groups in total. The van der Waals surface area contributed by atoms with Gasteiger partial charge in [-0.2, -0.15) is 13.2 Å². The van der Waals surface area contributed by atoms with Gasteiger partial charge in [-0.05, 0) is 24.6 Å². The van der Waals surface area contributed by atoms with E-state index >= 15 is 0 Å². The van der Waals surface area contributed by atoms with Crippen LogP contribution in [0.4, 0.5) is 18.9 Å². The Hall–Kier alpha value is -1.76. The van der Waals surface area contributed by atoms with Gasteiger partial charge in [0.15, 0.2) is 0 Å². The van der Waals surface area contributed by atoms with Crippen LogP contribution >= 0.6 is 11.6 Å². The summed E-state index contributed by atoms with van der Waals surface area (Å²) in [5.74, 6) is -0.607. The molecule has 0 saturated heterocycles. The van der Waals surface area contributed by atoms with Gasteiger partial charge in [0.05, 0.1) is 10.6 Å². The molecule has 0 atom stereocenters. The number of unbranched alkanes of at least 4 members (excludes halogenated alkanes) is 1. The summed E-state index contributed by atoms with van der Waals surface area (Å²) in [6, 6.07) is 3.27. The predicted molar refractivity (Wildman–Crippen MR) is 91.6 cm³/mol. The number of nitrogens with zero attached hydrogens (tertiary/aromatic N) is 2. The van der Waals surface area contributed by atoms with Gasteiger partial charge in [0, 0.05) is 39.2 Å². The molecule has 0 aliphatic carbocycles. The number of rotatable bonds is 7. The highest BCUT2D eigenvalue weighted by molar-refractivity contribution is 6.31. The largest absolute Gasteiger partial charge is 0.417 e. The Bertz CT molecular complexity index is 620. The van der Waals surface area contributed by atoms with Crippen molar-refractivity contribution in [2.24, 2.45) is 0 Å². The van der Waals surface area contributed by atoms with Crippen LogP contribution in [0.15, 0.2) is 18.2 Å². The number of carbonyl (C=O) groups excluding carboxylic acids is 2. The van der Waals surface area contributed by atoms with E-state index in [9.17, 15) is 22.8 Å². The molecule has 0 saturated carbocycles. The molecule has 8 heteroatoms. The molecule has 0 aliphatic rings. The molecule has 4 nitrogen and oxygen atoms in total. The van der Waals surface area contributed by atoms with E-state index in [2.05, 4.69) is 0 Å². The fourth-order valence-corrected chi connectivity index (χ4v) is 2.51. The summed E-state index contributed by atoms with van der Waals surface area (Å²) in [5, 5.41) is -0.435. The summed E-state index contributed by atoms with van der Waals surface area (Å²) < 4.78 is 38.9. The summed E-state index contributed by atoms with van der Waals surface area (Å²) in [5.41, 5.74) is -0.947. The molecule has 0 fully saturated rings. The minimum atomic E-state index is -4.62. The summed E-state index contributed by atoms with van der Waals surface area (Å²) in [7, 11) is 1.67. The third-order valence-electron chi connectivity index (χ3n) is 3.77. The second-order valence-electron chi connectivity index (χ2n) is 5.75. The van der Waals surface area contributed by atoms with E-state index in [-0.39, 0.29) is 24.6 Å². The van der Waals surface area contributed by atoms with E-state index in [4.69, 9.17) is 11.6 Å². The number of alkyl halides is 3. The molecule has 1 rings (SSSR count). The Morgan fingerprint density at radius 1 is 1.20 bits per heavy atom. The van der Waals surface area contributed by atoms with Gasteiger partial charge in [0.1, 0.15) is 0 Å². The first kappa shape index (κ1) is 21.3. The van der Waals surface area contributed by atoms with Crippen LogP contribution in [0.25, 0.3) is 0 Å². The van der Waals surface area contributed by atoms with Crippen LogP contribution in [-0.2, 0) is 15.8 Å². The molecule has 0 aliphatic heterocycles. The number of hydrogen-bond acceptors (Lipinski definition) is 2. The van der Waals surface area contributed by atoms with Crippen LogP contribution in [0.5, 0.6) is 0 Å². The highest BCUT2D eigenvalue weighted by Gasteiger charge is 2.34. The highest BCUT2D eigenvalue weighted by atomic mass is 35.5. The van der Waals surface area contributed by atoms with Crippen LogP contribution in [0.1, 0.15) is 38.7 Å². The SMILES string of the molecule is CCCCN(C)C(=O)CCN(C(C)=O)c1ccc(Cl)c(C(F)(F)F)c1. The van der Waals surface area contributed by atoms with Gasteiger partial charge in [-0.1, -0.05) is 24.9 Å². The average Bonchev–Trinajstić information content (AvgIpc) is 2.52. The van der Waals surface area contributed by atoms with E-state index < -0.39 is 22.7 Å². The zero-order valence-corrected chi connectivity index (χ0v) is 15.2. The molecular weight excluding hydrogens is 357 g/mol. The van der Waals surface area contributed by atoms with Crippen molar-refractivity contribution in [3.63, 3.8) is 0 Å². The van der Waals surface area contributed by atoms with Crippen molar-refractivity contribution in [3.8, 4) is 0 Å². The summed E-state index contributed by atoms with van der Waals surface area (Å²) in [6.07, 6.45) is -2.78. The first-order chi connectivity index (χ1) is 11.6. The number of benzene rings is 1. The molecule has 1 aromatic carbocycles. The second-order valence-corrected chi connectivity index (χ2v) is 6.16. The minimum absolute atomic E-state index is 0.00353. The lowest BCUT2D eigenvalue weighted by molar-refractivity contribution is -0.137. The van der Waals surface area contributed by atoms with Crippen LogP contribution in [0.2, 0.25) is 5.02 Å². The molecule has 0 radical (unpaired) electrons. The minimum Gasteiger partial charge on any atom is -0.346 e. The van der Waals surface area contributed by atoms with Crippen molar-refractivity contribution in [2.75, 3.05) is 25.0 Å². The van der Waals surface area contributed by atoms with E-state index in [0.29, 0.717) is 6.54 Å². The lowest BCUT2D eigenvalue weighted by Gasteiger charge is -2.24. The molecule has 0 aromatic heterocycles. The fourth-order valence-electron chi connectivity index (χ4n) is 2.29. The lowest BCUT2D eigenvalue weighted by atomic mass is 10.1. The quantitative estimate of drug-likeness (QED) is 0.707. The van der Waals surface area contributed by atoms with E-state index in [1.54, 1.807) is 11.9 Å². The number of carbonyl (C=O) groups is 2. The van der Waals surface area contributed by atoms with Crippen molar-refractivity contribution >= 4 is 29.1 Å². The fraction of sp³-hybridized carbons (Fsp3) is 0.529. The maximum atomic E-state index is 13.0. The Labute approximate surface area is 150 Å². The first-order valence-electron chi connectivity index (χ1n) is 7.96. The van der Waals surface area contributed by atoms with Gasteiger partial charge in [-0.25, -0.2) is 0 Å². The van der Waals surface area contributed by atoms with Gasteiger partial charge in [-0.3, -0.25) is 9.59 Å². The van der Waals surface area contributed by atoms with Crippen LogP contribution in [-0.4, -0.2) is 36.9 Å². The molecule has 0 heterocycles. The van der Waals surface area contributed by atoms with Gasteiger partial charge < -0.3 is 9.80 Å². The van der Waals surface area contributed by atoms with Gasteiger partial charge in [0.2, 0.25) is 11.8 Å². The Balaban J connectivity index is 2.91. The van der Waals surface area contributed by atoms with Gasteiger partial charge in [-0.15, -0.1) is 0 Å². The van der Waals surface area contributed by atoms with E-state index in [1.807, 2.05) is 6.92 Å². The number of halogens is 4. The third kappa shape index (κ3) is 6.23. The number of hydrogen-bond donors (Lipinski definition) is 0. The van der Waals surface area contributed by atoms with E-state index in [1.165, 1.54) is 13.0 Å². The van der Waals surface area contributed by atoms with Crippen LogP contribution in [0, 0.1) is 0 Å². The first-order valence-corrected chi connectivity index (χ1v) is 8.34. The van der Waals surface area contributed by atoms with E-state index in [0.717, 1.165) is 29.9 Å². The third-order valence-corrected chi connectivity index (χ3v) is 4.10.